The molecule has 5 aliphatic rings. The van der Waals surface area contributed by atoms with Crippen LogP contribution in [0.5, 0.6) is 0 Å². The molecular weight excluding hydrogens is 540 g/mol. The third-order valence-electron chi connectivity index (χ3n) is 13.9. The van der Waals surface area contributed by atoms with Gasteiger partial charge >= 0.3 is 0 Å². The summed E-state index contributed by atoms with van der Waals surface area (Å²) in [4.78, 5) is 14.4. The summed E-state index contributed by atoms with van der Waals surface area (Å²) in [6.45, 7) is 14.2. The first-order valence-corrected chi connectivity index (χ1v) is 17.4. The van der Waals surface area contributed by atoms with E-state index < -0.39 is 0 Å². The standard InChI is InChI=1S/C41H52O3/c1-26-32-18-22-41(5)33-17-21-39(3)20-16-30(24-34(39)31(33)25-36(43)38(41)40(32,4)23-19-35(26)42)27(2)44-37(28-12-8-6-9-13-28)29-14-10-7-11-15-29/h6-15,25-26,30,32-35,37-38,42H,2,16-24H2,1,3-5H3. The van der Waals surface area contributed by atoms with E-state index in [4.69, 9.17) is 4.74 Å². The van der Waals surface area contributed by atoms with Crippen LogP contribution in [0.1, 0.15) is 103 Å². The fourth-order valence-corrected chi connectivity index (χ4v) is 11.5. The van der Waals surface area contributed by atoms with E-state index in [-0.39, 0.29) is 46.2 Å². The molecule has 7 rings (SSSR count). The summed E-state index contributed by atoms with van der Waals surface area (Å²) in [6.07, 6.45) is 11.5. The maximum atomic E-state index is 14.4. The van der Waals surface area contributed by atoms with Crippen LogP contribution in [0.3, 0.4) is 0 Å². The third kappa shape index (κ3) is 4.67. The van der Waals surface area contributed by atoms with E-state index in [0.717, 1.165) is 61.8 Å². The van der Waals surface area contributed by atoms with Gasteiger partial charge in [0.05, 0.1) is 11.9 Å². The second-order valence-electron chi connectivity index (χ2n) is 16.2. The van der Waals surface area contributed by atoms with Gasteiger partial charge in [-0.1, -0.05) is 101 Å². The lowest BCUT2D eigenvalue weighted by molar-refractivity contribution is -0.169. The number of carbonyl (C=O) groups excluding carboxylic acids is 1. The molecule has 0 saturated heterocycles. The number of aliphatic hydroxyl groups excluding tert-OH is 1. The average Bonchev–Trinajstić information content (AvgIpc) is 3.02. The molecule has 0 radical (unpaired) electrons. The van der Waals surface area contributed by atoms with Gasteiger partial charge in [-0.25, -0.2) is 0 Å². The van der Waals surface area contributed by atoms with Gasteiger partial charge < -0.3 is 9.84 Å². The maximum absolute atomic E-state index is 14.4. The Balaban J connectivity index is 1.17. The van der Waals surface area contributed by atoms with Crippen LogP contribution in [0.4, 0.5) is 0 Å². The normalized spacial score (nSPS) is 41.5. The number of ether oxygens (including phenoxy) is 1. The summed E-state index contributed by atoms with van der Waals surface area (Å²) < 4.78 is 6.83. The first-order chi connectivity index (χ1) is 21.0. The van der Waals surface area contributed by atoms with Crippen molar-refractivity contribution in [3.8, 4) is 0 Å². The Bertz CT molecular complexity index is 1390. The van der Waals surface area contributed by atoms with Gasteiger partial charge in [0.2, 0.25) is 0 Å². The number of benzene rings is 2. The molecule has 3 heteroatoms. The molecule has 0 amide bonds. The van der Waals surface area contributed by atoms with Crippen LogP contribution in [0.2, 0.25) is 0 Å². The molecule has 4 saturated carbocycles. The van der Waals surface area contributed by atoms with Gasteiger partial charge in [-0.3, -0.25) is 4.79 Å². The molecule has 5 aliphatic carbocycles. The van der Waals surface area contributed by atoms with Crippen molar-refractivity contribution in [1.29, 1.82) is 0 Å². The second-order valence-corrected chi connectivity index (χ2v) is 16.2. The molecule has 10 unspecified atom stereocenters. The van der Waals surface area contributed by atoms with Gasteiger partial charge in [-0.15, -0.1) is 0 Å². The Kier molecular flexibility index (Phi) is 7.51. The summed E-state index contributed by atoms with van der Waals surface area (Å²) in [6, 6.07) is 21.0. The highest BCUT2D eigenvalue weighted by atomic mass is 16.5. The van der Waals surface area contributed by atoms with Gasteiger partial charge in [0.25, 0.3) is 0 Å². The zero-order valence-corrected chi connectivity index (χ0v) is 27.3. The summed E-state index contributed by atoms with van der Waals surface area (Å²) in [7, 11) is 0. The summed E-state index contributed by atoms with van der Waals surface area (Å²) in [5, 5.41) is 10.7. The minimum Gasteiger partial charge on any atom is -0.486 e. The molecule has 0 bridgehead atoms. The number of hydrogen-bond donors (Lipinski definition) is 1. The zero-order chi connectivity index (χ0) is 30.9. The molecule has 234 valence electrons. The van der Waals surface area contributed by atoms with E-state index in [0.29, 0.717) is 23.5 Å². The lowest BCUT2D eigenvalue weighted by Crippen LogP contribution is -2.61. The fourth-order valence-electron chi connectivity index (χ4n) is 11.5. The van der Waals surface area contributed by atoms with Crippen molar-refractivity contribution in [1.82, 2.24) is 0 Å². The van der Waals surface area contributed by atoms with Crippen LogP contribution >= 0.6 is 0 Å². The molecule has 0 aromatic heterocycles. The van der Waals surface area contributed by atoms with E-state index >= 15 is 0 Å². The smallest absolute Gasteiger partial charge is 0.159 e. The predicted molar refractivity (Wildman–Crippen MR) is 177 cm³/mol. The van der Waals surface area contributed by atoms with E-state index in [2.05, 4.69) is 101 Å². The molecule has 0 aliphatic heterocycles. The van der Waals surface area contributed by atoms with Crippen LogP contribution < -0.4 is 0 Å². The number of aliphatic hydroxyl groups is 1. The van der Waals surface area contributed by atoms with Crippen molar-refractivity contribution in [3.63, 3.8) is 0 Å². The number of allylic oxidation sites excluding steroid dienone is 3. The molecule has 3 nitrogen and oxygen atoms in total. The Morgan fingerprint density at radius 3 is 2.11 bits per heavy atom. The van der Waals surface area contributed by atoms with Gasteiger partial charge in [-0.2, -0.15) is 0 Å². The molecule has 4 fully saturated rings. The highest BCUT2D eigenvalue weighted by molar-refractivity contribution is 5.95. The lowest BCUT2D eigenvalue weighted by Gasteiger charge is -2.65. The molecular formula is C41H52O3. The average molecular weight is 593 g/mol. The maximum Gasteiger partial charge on any atom is 0.159 e. The minimum atomic E-state index is -0.226. The summed E-state index contributed by atoms with van der Waals surface area (Å²) in [5.74, 6) is 3.18. The molecule has 44 heavy (non-hydrogen) atoms. The van der Waals surface area contributed by atoms with Crippen molar-refractivity contribution in [2.45, 2.75) is 97.7 Å². The van der Waals surface area contributed by atoms with Gasteiger partial charge in [0.15, 0.2) is 5.78 Å². The Hall–Kier alpha value is -2.65. The highest BCUT2D eigenvalue weighted by Gasteiger charge is 2.64. The number of hydrogen-bond acceptors (Lipinski definition) is 3. The summed E-state index contributed by atoms with van der Waals surface area (Å²) >= 11 is 0. The molecule has 2 aromatic carbocycles. The lowest BCUT2D eigenvalue weighted by atomic mass is 9.38. The molecule has 10 atom stereocenters. The number of carbonyl (C=O) groups is 1. The van der Waals surface area contributed by atoms with Crippen LogP contribution in [0.25, 0.3) is 0 Å². The molecule has 0 heterocycles. The molecule has 0 spiro atoms. The Morgan fingerprint density at radius 2 is 1.45 bits per heavy atom. The van der Waals surface area contributed by atoms with E-state index in [1.807, 2.05) is 0 Å². The number of fused-ring (bicyclic) bond motifs is 7. The van der Waals surface area contributed by atoms with Crippen molar-refractivity contribution >= 4 is 5.78 Å². The van der Waals surface area contributed by atoms with E-state index in [9.17, 15) is 9.90 Å². The number of rotatable bonds is 5. The molecule has 1 N–H and O–H groups in total. The first kappa shape index (κ1) is 30.0. The largest absolute Gasteiger partial charge is 0.486 e. The Morgan fingerprint density at radius 1 is 0.841 bits per heavy atom. The van der Waals surface area contributed by atoms with Gasteiger partial charge in [0.1, 0.15) is 6.10 Å². The van der Waals surface area contributed by atoms with Crippen LogP contribution in [-0.4, -0.2) is 17.0 Å². The predicted octanol–water partition coefficient (Wildman–Crippen LogP) is 9.48. The van der Waals surface area contributed by atoms with Gasteiger partial charge in [0, 0.05) is 11.8 Å². The quantitative estimate of drug-likeness (QED) is 0.352. The van der Waals surface area contributed by atoms with Gasteiger partial charge in [-0.05, 0) is 115 Å². The monoisotopic (exact) mass is 592 g/mol. The highest BCUT2D eigenvalue weighted by Crippen LogP contribution is 2.69. The van der Waals surface area contributed by atoms with E-state index in [1.165, 1.54) is 18.4 Å². The van der Waals surface area contributed by atoms with Crippen molar-refractivity contribution < 1.29 is 14.6 Å². The van der Waals surface area contributed by atoms with Crippen molar-refractivity contribution in [3.05, 3.63) is 95.8 Å². The van der Waals surface area contributed by atoms with Crippen molar-refractivity contribution in [2.24, 2.45) is 51.8 Å². The van der Waals surface area contributed by atoms with E-state index in [1.54, 1.807) is 0 Å². The fraction of sp³-hybridized carbons (Fsp3) is 0.585. The summed E-state index contributed by atoms with van der Waals surface area (Å²) in [5.41, 5.74) is 3.95. The molecule has 2 aromatic rings. The second kappa shape index (κ2) is 11.0. The minimum absolute atomic E-state index is 0.00191. The zero-order valence-electron chi connectivity index (χ0n) is 27.3. The Labute approximate surface area is 265 Å². The SMILES string of the molecule is C=C(OC(c1ccccc1)c1ccccc1)C1CCC2(C)CCC3C(=CC(=O)C4C3(C)CCC3C(C)C(O)CCC34C)C2C1. The van der Waals surface area contributed by atoms with Crippen LogP contribution in [0.15, 0.2) is 84.7 Å². The first-order valence-electron chi connectivity index (χ1n) is 17.4. The third-order valence-corrected chi connectivity index (χ3v) is 13.9. The number of ketones is 1. The topological polar surface area (TPSA) is 46.5 Å². The van der Waals surface area contributed by atoms with Crippen LogP contribution in [0, 0.1) is 51.8 Å². The van der Waals surface area contributed by atoms with Crippen molar-refractivity contribution in [2.75, 3.05) is 0 Å². The van der Waals surface area contributed by atoms with Crippen LogP contribution in [-0.2, 0) is 9.53 Å².